The second-order valence-electron chi connectivity index (χ2n) is 4.92. The SMILES string of the molecule is O=C(O)CC[N+]12CCCCCC1=NCCC2. The fourth-order valence-electron chi connectivity index (χ4n) is 2.95. The molecule has 4 heteroatoms. The fourth-order valence-corrected chi connectivity index (χ4v) is 2.95. The van der Waals surface area contributed by atoms with Gasteiger partial charge in [-0.1, -0.05) is 0 Å². The van der Waals surface area contributed by atoms with Crippen LogP contribution in [-0.4, -0.2) is 47.6 Å². The predicted molar refractivity (Wildman–Crippen MR) is 62.5 cm³/mol. The molecule has 0 bridgehead atoms. The van der Waals surface area contributed by atoms with Crippen LogP contribution in [0.1, 0.15) is 38.5 Å². The van der Waals surface area contributed by atoms with Gasteiger partial charge in [0.1, 0.15) is 0 Å². The van der Waals surface area contributed by atoms with E-state index in [1.807, 2.05) is 0 Å². The lowest BCUT2D eigenvalue weighted by Crippen LogP contribution is -2.56. The first kappa shape index (κ1) is 11.6. The van der Waals surface area contributed by atoms with E-state index in [-0.39, 0.29) is 6.42 Å². The van der Waals surface area contributed by atoms with Gasteiger partial charge in [0.05, 0.1) is 26.1 Å². The van der Waals surface area contributed by atoms with Crippen LogP contribution in [0.25, 0.3) is 0 Å². The van der Waals surface area contributed by atoms with E-state index in [4.69, 9.17) is 5.11 Å². The van der Waals surface area contributed by atoms with E-state index in [0.29, 0.717) is 0 Å². The molecular formula is C12H21N2O2+. The van der Waals surface area contributed by atoms with Gasteiger partial charge < -0.3 is 5.11 Å². The lowest BCUT2D eigenvalue weighted by molar-refractivity contribution is -0.844. The molecule has 1 fully saturated rings. The summed E-state index contributed by atoms with van der Waals surface area (Å²) in [6, 6.07) is 0. The molecular weight excluding hydrogens is 204 g/mol. The highest BCUT2D eigenvalue weighted by Gasteiger charge is 2.37. The van der Waals surface area contributed by atoms with E-state index >= 15 is 0 Å². The molecule has 2 rings (SSSR count). The maximum absolute atomic E-state index is 10.7. The molecule has 90 valence electrons. The Labute approximate surface area is 96.6 Å². The Hall–Kier alpha value is -0.900. The molecule has 0 amide bonds. The monoisotopic (exact) mass is 225 g/mol. The Kier molecular flexibility index (Phi) is 3.59. The molecule has 4 nitrogen and oxygen atoms in total. The van der Waals surface area contributed by atoms with Crippen molar-refractivity contribution < 1.29 is 14.4 Å². The molecule has 2 heterocycles. The quantitative estimate of drug-likeness (QED) is 0.742. The number of aliphatic imine (C=N–C) groups is 1. The zero-order valence-electron chi connectivity index (χ0n) is 9.82. The van der Waals surface area contributed by atoms with Gasteiger partial charge in [-0.3, -0.25) is 9.28 Å². The minimum absolute atomic E-state index is 0.277. The van der Waals surface area contributed by atoms with Crippen molar-refractivity contribution in [1.29, 1.82) is 0 Å². The Morgan fingerprint density at radius 3 is 2.88 bits per heavy atom. The van der Waals surface area contributed by atoms with Crippen LogP contribution in [0, 0.1) is 0 Å². The summed E-state index contributed by atoms with van der Waals surface area (Å²) in [5.41, 5.74) is 0. The molecule has 0 aromatic carbocycles. The normalized spacial score (nSPS) is 30.1. The second-order valence-corrected chi connectivity index (χ2v) is 4.92. The first-order chi connectivity index (χ1) is 7.73. The van der Waals surface area contributed by atoms with Gasteiger partial charge >= 0.3 is 5.97 Å². The number of hydrogen-bond acceptors (Lipinski definition) is 2. The molecule has 2 aliphatic heterocycles. The minimum Gasteiger partial charge on any atom is -0.481 e. The smallest absolute Gasteiger partial charge is 0.309 e. The molecule has 0 radical (unpaired) electrons. The number of rotatable bonds is 3. The number of amidine groups is 1. The molecule has 1 unspecified atom stereocenters. The summed E-state index contributed by atoms with van der Waals surface area (Å²) < 4.78 is 0.881. The Morgan fingerprint density at radius 1 is 1.25 bits per heavy atom. The number of carboxylic acid groups (broad SMARTS) is 1. The lowest BCUT2D eigenvalue weighted by Gasteiger charge is -2.39. The van der Waals surface area contributed by atoms with Crippen molar-refractivity contribution in [3.05, 3.63) is 0 Å². The number of quaternary nitrogens is 1. The van der Waals surface area contributed by atoms with Crippen molar-refractivity contribution in [2.45, 2.75) is 38.5 Å². The average Bonchev–Trinajstić information content (AvgIpc) is 2.49. The van der Waals surface area contributed by atoms with Crippen molar-refractivity contribution >= 4 is 11.8 Å². The summed E-state index contributed by atoms with van der Waals surface area (Å²) in [6.45, 7) is 3.90. The van der Waals surface area contributed by atoms with Crippen molar-refractivity contribution in [3.63, 3.8) is 0 Å². The van der Waals surface area contributed by atoms with E-state index < -0.39 is 5.97 Å². The van der Waals surface area contributed by atoms with Crippen LogP contribution >= 0.6 is 0 Å². The van der Waals surface area contributed by atoms with Gasteiger partial charge in [0.2, 0.25) is 0 Å². The van der Waals surface area contributed by atoms with Gasteiger partial charge in [-0.15, -0.1) is 0 Å². The molecule has 0 saturated carbocycles. The third-order valence-corrected chi connectivity index (χ3v) is 3.83. The van der Waals surface area contributed by atoms with Crippen LogP contribution in [0.2, 0.25) is 0 Å². The van der Waals surface area contributed by atoms with Crippen LogP contribution in [0.4, 0.5) is 0 Å². The third kappa shape index (κ3) is 2.43. The number of carbonyl (C=O) groups is 1. The summed E-state index contributed by atoms with van der Waals surface area (Å²) >= 11 is 0. The number of hydrogen-bond donors (Lipinski definition) is 1. The summed E-state index contributed by atoms with van der Waals surface area (Å²) in [4.78, 5) is 15.4. The van der Waals surface area contributed by atoms with Crippen LogP contribution in [0.5, 0.6) is 0 Å². The average molecular weight is 225 g/mol. The van der Waals surface area contributed by atoms with Crippen LogP contribution in [-0.2, 0) is 4.79 Å². The van der Waals surface area contributed by atoms with Crippen molar-refractivity contribution in [1.82, 2.24) is 0 Å². The Balaban J connectivity index is 2.13. The van der Waals surface area contributed by atoms with Crippen LogP contribution < -0.4 is 0 Å². The number of aliphatic carboxylic acids is 1. The molecule has 16 heavy (non-hydrogen) atoms. The Bertz CT molecular complexity index is 301. The van der Waals surface area contributed by atoms with Crippen molar-refractivity contribution in [2.75, 3.05) is 26.2 Å². The van der Waals surface area contributed by atoms with Gasteiger partial charge in [0, 0.05) is 19.4 Å². The first-order valence-corrected chi connectivity index (χ1v) is 6.35. The lowest BCUT2D eigenvalue weighted by atomic mass is 10.1. The largest absolute Gasteiger partial charge is 0.481 e. The molecule has 0 spiro atoms. The number of fused-ring (bicyclic) bond motifs is 1. The fraction of sp³-hybridized carbons (Fsp3) is 0.833. The predicted octanol–water partition coefficient (Wildman–Crippen LogP) is 1.65. The van der Waals surface area contributed by atoms with E-state index in [9.17, 15) is 4.79 Å². The molecule has 1 N–H and O–H groups in total. The van der Waals surface area contributed by atoms with Crippen LogP contribution in [0.15, 0.2) is 4.99 Å². The third-order valence-electron chi connectivity index (χ3n) is 3.83. The van der Waals surface area contributed by atoms with E-state index in [1.54, 1.807) is 0 Å². The Morgan fingerprint density at radius 2 is 2.06 bits per heavy atom. The molecule has 2 aliphatic rings. The van der Waals surface area contributed by atoms with Gasteiger partial charge in [-0.05, 0) is 19.3 Å². The highest BCUT2D eigenvalue weighted by atomic mass is 16.4. The summed E-state index contributed by atoms with van der Waals surface area (Å²) in [7, 11) is 0. The summed E-state index contributed by atoms with van der Waals surface area (Å²) in [6.07, 6.45) is 6.19. The molecule has 0 aromatic rings. The molecule has 1 atom stereocenters. The van der Waals surface area contributed by atoms with Crippen LogP contribution in [0.3, 0.4) is 0 Å². The number of carboxylic acids is 1. The van der Waals surface area contributed by atoms with Gasteiger partial charge in [-0.2, -0.15) is 0 Å². The highest BCUT2D eigenvalue weighted by Crippen LogP contribution is 2.25. The van der Waals surface area contributed by atoms with Gasteiger partial charge in [0.25, 0.3) is 0 Å². The maximum Gasteiger partial charge on any atom is 0.309 e. The van der Waals surface area contributed by atoms with E-state index in [2.05, 4.69) is 4.99 Å². The second kappa shape index (κ2) is 4.95. The molecule has 0 aliphatic carbocycles. The highest BCUT2D eigenvalue weighted by molar-refractivity contribution is 5.76. The van der Waals surface area contributed by atoms with E-state index in [1.165, 1.54) is 25.1 Å². The first-order valence-electron chi connectivity index (χ1n) is 6.35. The zero-order chi connectivity index (χ0) is 11.4. The van der Waals surface area contributed by atoms with E-state index in [0.717, 1.165) is 43.5 Å². The topological polar surface area (TPSA) is 49.7 Å². The number of nitrogens with zero attached hydrogens (tertiary/aromatic N) is 2. The maximum atomic E-state index is 10.7. The summed E-state index contributed by atoms with van der Waals surface area (Å²) in [5, 5.41) is 8.85. The van der Waals surface area contributed by atoms with Gasteiger partial charge in [-0.25, -0.2) is 4.99 Å². The molecule has 0 aromatic heterocycles. The van der Waals surface area contributed by atoms with Crippen molar-refractivity contribution in [3.8, 4) is 0 Å². The minimum atomic E-state index is -0.679. The zero-order valence-corrected chi connectivity index (χ0v) is 9.82. The summed E-state index contributed by atoms with van der Waals surface area (Å²) in [5.74, 6) is 0.603. The van der Waals surface area contributed by atoms with Gasteiger partial charge in [0.15, 0.2) is 5.84 Å². The standard InChI is InChI=1S/C12H20N2O2/c15-12(16)6-10-14-8-3-1-2-5-11(14)13-7-4-9-14/h1-10H2/p+1. The van der Waals surface area contributed by atoms with Crippen molar-refractivity contribution in [2.24, 2.45) is 4.99 Å². The molecule has 1 saturated heterocycles.